The van der Waals surface area contributed by atoms with Crippen LogP contribution in [0.15, 0.2) is 52.1 Å². The van der Waals surface area contributed by atoms with E-state index in [-0.39, 0.29) is 39.3 Å². The Morgan fingerprint density at radius 3 is 2.69 bits per heavy atom. The lowest BCUT2D eigenvalue weighted by Crippen LogP contribution is -2.55. The van der Waals surface area contributed by atoms with Crippen LogP contribution in [0.25, 0.3) is 21.5 Å². The number of thiophene rings is 1. The van der Waals surface area contributed by atoms with Crippen molar-refractivity contribution in [2.24, 2.45) is 0 Å². The van der Waals surface area contributed by atoms with Crippen LogP contribution >= 0.6 is 22.9 Å². The Bertz CT molecular complexity index is 1970. The molecule has 0 radical (unpaired) electrons. The van der Waals surface area contributed by atoms with E-state index in [1.165, 1.54) is 13.4 Å². The van der Waals surface area contributed by atoms with E-state index in [1.54, 1.807) is 29.4 Å². The summed E-state index contributed by atoms with van der Waals surface area (Å²) >= 11 is 7.78. The van der Waals surface area contributed by atoms with E-state index in [2.05, 4.69) is 10.3 Å². The molecule has 0 saturated carbocycles. The fourth-order valence-corrected chi connectivity index (χ4v) is 9.61. The summed E-state index contributed by atoms with van der Waals surface area (Å²) in [6.45, 7) is 5.59. The highest BCUT2D eigenvalue weighted by Gasteiger charge is 2.41. The van der Waals surface area contributed by atoms with Gasteiger partial charge in [-0.3, -0.25) is 0 Å². The maximum atomic E-state index is 13.7. The first-order chi connectivity index (χ1) is 22.7. The third-order valence-electron chi connectivity index (χ3n) is 7.78. The van der Waals surface area contributed by atoms with Crippen molar-refractivity contribution < 1.29 is 40.8 Å². The van der Waals surface area contributed by atoms with Gasteiger partial charge in [0.05, 0.1) is 24.3 Å². The van der Waals surface area contributed by atoms with Gasteiger partial charge in [-0.05, 0) is 69.0 Å². The number of esters is 2. The van der Waals surface area contributed by atoms with Crippen molar-refractivity contribution in [1.29, 1.82) is 0 Å². The number of carbonyl (C=O) groups excluding carboxylic acids is 2. The van der Waals surface area contributed by atoms with Crippen molar-refractivity contribution in [1.82, 2.24) is 9.29 Å². The topological polar surface area (TPSA) is 154 Å². The van der Waals surface area contributed by atoms with Crippen LogP contribution in [0.4, 0.5) is 5.69 Å². The van der Waals surface area contributed by atoms with Gasteiger partial charge in [-0.1, -0.05) is 29.8 Å². The number of sulfonamides is 1. The highest BCUT2D eigenvalue weighted by molar-refractivity contribution is 7.88. The molecule has 2 aromatic carbocycles. The van der Waals surface area contributed by atoms with Crippen molar-refractivity contribution in [2.75, 3.05) is 38.4 Å². The minimum absolute atomic E-state index is 0.0338. The molecule has 2 unspecified atom stereocenters. The predicted octanol–water partition coefficient (Wildman–Crippen LogP) is 5.86. The summed E-state index contributed by atoms with van der Waals surface area (Å²) in [5.74, 6) is -1.40. The highest BCUT2D eigenvalue weighted by Crippen LogP contribution is 2.46. The lowest BCUT2D eigenvalue weighted by Gasteiger charge is -2.45. The Labute approximate surface area is 290 Å². The Hall–Kier alpha value is -3.50. The molecule has 1 aliphatic rings. The number of methoxy groups -OCH3 is 1. The van der Waals surface area contributed by atoms with Crippen LogP contribution < -0.4 is 10.1 Å². The number of oxazole rings is 1. The summed E-state index contributed by atoms with van der Waals surface area (Å²) in [6.07, 6.45) is 2.58. The van der Waals surface area contributed by atoms with Gasteiger partial charge in [-0.15, -0.1) is 11.3 Å². The average Bonchev–Trinajstić information content (AvgIpc) is 3.60. The number of piperidine rings is 1. The van der Waals surface area contributed by atoms with E-state index in [4.69, 9.17) is 30.2 Å². The maximum absolute atomic E-state index is 13.7. The second-order valence-corrected chi connectivity index (χ2v) is 16.3. The van der Waals surface area contributed by atoms with Crippen LogP contribution in [0.1, 0.15) is 48.8 Å². The van der Waals surface area contributed by atoms with Crippen LogP contribution in [-0.2, 0) is 40.8 Å². The van der Waals surface area contributed by atoms with Crippen LogP contribution in [-0.4, -0.2) is 78.6 Å². The quantitative estimate of drug-likeness (QED) is 0.174. The van der Waals surface area contributed by atoms with E-state index in [1.807, 2.05) is 38.1 Å². The summed E-state index contributed by atoms with van der Waals surface area (Å²) in [5.41, 5.74) is 2.28. The number of fused-ring (bicyclic) bond motifs is 1. The van der Waals surface area contributed by atoms with Gasteiger partial charge in [0, 0.05) is 30.1 Å². The number of ether oxygens (including phenoxy) is 3. The van der Waals surface area contributed by atoms with Gasteiger partial charge in [0.2, 0.25) is 10.0 Å². The normalized spacial score (nSPS) is 17.2. The molecule has 3 heterocycles. The van der Waals surface area contributed by atoms with Gasteiger partial charge in [-0.2, -0.15) is 4.31 Å². The van der Waals surface area contributed by atoms with E-state index in [0.29, 0.717) is 46.5 Å². The highest BCUT2D eigenvalue weighted by atomic mass is 35.5. The number of hydrogen-bond donors (Lipinski definition) is 1. The van der Waals surface area contributed by atoms with Gasteiger partial charge < -0.3 is 23.9 Å². The number of benzene rings is 2. The first kappa shape index (κ1) is 35.8. The van der Waals surface area contributed by atoms with E-state index < -0.39 is 44.9 Å². The van der Waals surface area contributed by atoms with Crippen LogP contribution in [0.2, 0.25) is 5.02 Å². The largest absolute Gasteiger partial charge is 0.479 e. The zero-order chi connectivity index (χ0) is 34.8. The summed E-state index contributed by atoms with van der Waals surface area (Å²) in [4.78, 5) is 29.3. The second kappa shape index (κ2) is 14.5. The minimum atomic E-state index is -3.70. The molecule has 0 bridgehead atoms. The van der Waals surface area contributed by atoms with Crippen molar-refractivity contribution in [2.45, 2.75) is 56.2 Å². The summed E-state index contributed by atoms with van der Waals surface area (Å²) in [7, 11) is -3.84. The molecule has 1 fully saturated rings. The first-order valence-electron chi connectivity index (χ1n) is 15.0. The number of nitrogens with one attached hydrogen (secondary N) is 1. The monoisotopic (exact) mass is 737 g/mol. The molecule has 0 aliphatic carbocycles. The lowest BCUT2D eigenvalue weighted by atomic mass is 9.89. The smallest absolute Gasteiger partial charge is 0.351 e. The molecule has 2 atom stereocenters. The number of aromatic nitrogens is 1. The van der Waals surface area contributed by atoms with Crippen molar-refractivity contribution in [3.63, 3.8) is 0 Å². The summed E-state index contributed by atoms with van der Waals surface area (Å²) in [5, 5.41) is 3.81. The molecule has 48 heavy (non-hydrogen) atoms. The number of nitrogens with zero attached hydrogens (tertiary/aromatic N) is 2. The lowest BCUT2D eigenvalue weighted by molar-refractivity contribution is -0.145. The fraction of sp³-hybridized carbons (Fsp3) is 0.406. The number of anilines is 1. The molecule has 0 spiro atoms. The molecule has 2 aromatic heterocycles. The molecule has 258 valence electrons. The van der Waals surface area contributed by atoms with Crippen LogP contribution in [0.5, 0.6) is 5.75 Å². The minimum Gasteiger partial charge on any atom is -0.479 e. The Kier molecular flexibility index (Phi) is 10.8. The molecule has 16 heteroatoms. The predicted molar refractivity (Wildman–Crippen MR) is 185 cm³/mol. The van der Waals surface area contributed by atoms with Crippen molar-refractivity contribution >= 4 is 72.5 Å². The zero-order valence-corrected chi connectivity index (χ0v) is 30.2. The van der Waals surface area contributed by atoms with Crippen molar-refractivity contribution in [3.8, 4) is 16.2 Å². The summed E-state index contributed by atoms with van der Waals surface area (Å²) in [6, 6.07) is 12.5. The van der Waals surface area contributed by atoms with Gasteiger partial charge in [0.1, 0.15) is 21.3 Å². The van der Waals surface area contributed by atoms with Crippen molar-refractivity contribution in [3.05, 3.63) is 57.9 Å². The number of carbonyl (C=O) groups is 2. The average molecular weight is 738 g/mol. The van der Waals surface area contributed by atoms with E-state index in [0.717, 1.165) is 17.0 Å². The molecule has 1 aliphatic heterocycles. The number of halogens is 1. The molecule has 5 rings (SSSR count). The molecule has 1 N–H and O–H groups in total. The number of hydrogen-bond acceptors (Lipinski definition) is 12. The Morgan fingerprint density at radius 1 is 1.23 bits per heavy atom. The zero-order valence-electron chi connectivity index (χ0n) is 27.0. The van der Waals surface area contributed by atoms with Crippen LogP contribution in [0, 0.1) is 0 Å². The fourth-order valence-electron chi connectivity index (χ4n) is 5.73. The van der Waals surface area contributed by atoms with E-state index in [9.17, 15) is 22.2 Å². The molecule has 4 aromatic rings. The Morgan fingerprint density at radius 2 is 2.00 bits per heavy atom. The molecule has 0 amide bonds. The molecular weight excluding hydrogens is 702 g/mol. The van der Waals surface area contributed by atoms with Gasteiger partial charge in [0.25, 0.3) is 5.22 Å². The van der Waals surface area contributed by atoms with Crippen LogP contribution in [0.3, 0.4) is 0 Å². The molecule has 1 saturated heterocycles. The standard InChI is InChI=1S/C32H36ClN3O9S3/c1-6-43-25(37)17-44-27-26(33)28(46-29(27)30(38)42-4)20-8-7-9-21(15-20)34-22-12-13-36(32(2,3)16-22)48(40,41)18-19-10-11-23-24(14-19)45-31(35-23)47(5)39/h7-11,14-15,22,34H,6,12-13,16-18H2,1-5H3. The molecular formula is C32H36ClN3O9S3. The third-order valence-corrected chi connectivity index (χ3v) is 12.2. The molecule has 12 nitrogen and oxygen atoms in total. The Balaban J connectivity index is 1.29. The summed E-state index contributed by atoms with van der Waals surface area (Å²) < 4.78 is 61.6. The maximum Gasteiger partial charge on any atom is 0.351 e. The SMILES string of the molecule is CCOC(=O)COc1c(C(=O)OC)sc(-c2cccc(NC3CCN(S(=O)(=O)Cc4ccc5nc(S(C)=O)oc5c4)C(C)(C)C3)c2)c1Cl. The van der Waals surface area contributed by atoms with Gasteiger partial charge >= 0.3 is 11.9 Å². The van der Waals surface area contributed by atoms with Gasteiger partial charge in [0.15, 0.2) is 22.8 Å². The van der Waals surface area contributed by atoms with Gasteiger partial charge in [-0.25, -0.2) is 27.2 Å². The van der Waals surface area contributed by atoms with E-state index >= 15 is 0 Å². The number of rotatable bonds is 12. The second-order valence-electron chi connectivity index (χ2n) is 11.8. The third kappa shape index (κ3) is 7.86. The first-order valence-corrected chi connectivity index (χ1v) is 19.4.